The van der Waals surface area contributed by atoms with E-state index in [4.69, 9.17) is 11.6 Å². The maximum absolute atomic E-state index is 10.9. The molecule has 20 heavy (non-hydrogen) atoms. The van der Waals surface area contributed by atoms with Crippen LogP contribution in [-0.2, 0) is 13.5 Å². The first kappa shape index (κ1) is 15.8. The van der Waals surface area contributed by atoms with Crippen LogP contribution in [0.25, 0.3) is 0 Å². The lowest BCUT2D eigenvalue weighted by atomic mass is 9.72. The Morgan fingerprint density at radius 1 is 1.35 bits per heavy atom. The van der Waals surface area contributed by atoms with E-state index in [1.807, 2.05) is 18.7 Å². The molecular weight excluding hydrogens is 272 g/mol. The van der Waals surface area contributed by atoms with Gasteiger partial charge in [-0.25, -0.2) is 0 Å². The lowest BCUT2D eigenvalue weighted by molar-refractivity contribution is 0.0122. The highest BCUT2D eigenvalue weighted by molar-refractivity contribution is 6.31. The molecule has 0 aromatic carbocycles. The maximum Gasteiger partial charge on any atom is 0.0847 e. The van der Waals surface area contributed by atoms with Crippen molar-refractivity contribution in [2.75, 3.05) is 0 Å². The molecule has 3 nitrogen and oxygen atoms in total. The number of aliphatic hydroxyl groups is 1. The average molecular weight is 299 g/mol. The molecule has 114 valence electrons. The molecule has 1 heterocycles. The molecule has 1 unspecified atom stereocenters. The minimum absolute atomic E-state index is 0.0790. The number of hydrogen-bond donors (Lipinski definition) is 1. The van der Waals surface area contributed by atoms with Gasteiger partial charge in [-0.2, -0.15) is 5.10 Å². The van der Waals surface area contributed by atoms with E-state index in [0.717, 1.165) is 30.7 Å². The van der Waals surface area contributed by atoms with Crippen molar-refractivity contribution in [1.29, 1.82) is 0 Å². The maximum atomic E-state index is 10.9. The van der Waals surface area contributed by atoms with E-state index in [0.29, 0.717) is 17.4 Å². The van der Waals surface area contributed by atoms with E-state index in [9.17, 15) is 5.11 Å². The Morgan fingerprint density at radius 2 is 1.95 bits per heavy atom. The molecule has 0 amide bonds. The molecule has 1 saturated carbocycles. The predicted molar refractivity (Wildman–Crippen MR) is 83.0 cm³/mol. The van der Waals surface area contributed by atoms with Gasteiger partial charge in [0.25, 0.3) is 0 Å². The lowest BCUT2D eigenvalue weighted by Gasteiger charge is -2.36. The molecule has 1 aliphatic carbocycles. The van der Waals surface area contributed by atoms with Crippen molar-refractivity contribution in [3.63, 3.8) is 0 Å². The van der Waals surface area contributed by atoms with Gasteiger partial charge >= 0.3 is 0 Å². The molecule has 0 saturated heterocycles. The second kappa shape index (κ2) is 6.07. The molecule has 0 spiro atoms. The van der Waals surface area contributed by atoms with Gasteiger partial charge in [0.05, 0.1) is 22.5 Å². The summed E-state index contributed by atoms with van der Waals surface area (Å²) in [7, 11) is 1.91. The zero-order valence-corrected chi connectivity index (χ0v) is 13.9. The Hall–Kier alpha value is -0.540. The van der Waals surface area contributed by atoms with Crippen molar-refractivity contribution in [2.24, 2.45) is 18.4 Å². The Labute approximate surface area is 127 Å². The average Bonchev–Trinajstić information content (AvgIpc) is 2.90. The second-order valence-corrected chi connectivity index (χ2v) is 7.24. The molecule has 1 aromatic rings. The number of halogens is 1. The van der Waals surface area contributed by atoms with Crippen LogP contribution in [0.4, 0.5) is 0 Å². The van der Waals surface area contributed by atoms with E-state index >= 15 is 0 Å². The monoisotopic (exact) mass is 298 g/mol. The van der Waals surface area contributed by atoms with Crippen molar-refractivity contribution >= 4 is 11.6 Å². The number of aliphatic hydroxyl groups excluding tert-OH is 1. The standard InChI is InChI=1S/C16H27ClN2O/c1-11(2)10-16(7-5-6-8-16)14(20)9-13-15(17)12(3)18-19(13)4/h11,14,20H,5-10H2,1-4H3. The molecule has 0 bridgehead atoms. The number of aromatic nitrogens is 2. The minimum Gasteiger partial charge on any atom is -0.392 e. The molecule has 1 aromatic heterocycles. The van der Waals surface area contributed by atoms with E-state index in [2.05, 4.69) is 18.9 Å². The van der Waals surface area contributed by atoms with Crippen LogP contribution in [0.5, 0.6) is 0 Å². The van der Waals surface area contributed by atoms with Gasteiger partial charge in [0.2, 0.25) is 0 Å². The second-order valence-electron chi connectivity index (χ2n) is 6.86. The van der Waals surface area contributed by atoms with Crippen LogP contribution in [-0.4, -0.2) is 21.0 Å². The molecule has 4 heteroatoms. The third-order valence-corrected chi connectivity index (χ3v) is 5.26. The van der Waals surface area contributed by atoms with E-state index in [1.54, 1.807) is 0 Å². The van der Waals surface area contributed by atoms with Crippen molar-refractivity contribution < 1.29 is 5.11 Å². The number of hydrogen-bond acceptors (Lipinski definition) is 2. The van der Waals surface area contributed by atoms with Crippen molar-refractivity contribution in [3.05, 3.63) is 16.4 Å². The number of nitrogens with zero attached hydrogens (tertiary/aromatic N) is 2. The first-order valence-electron chi connectivity index (χ1n) is 7.72. The Morgan fingerprint density at radius 3 is 2.40 bits per heavy atom. The largest absolute Gasteiger partial charge is 0.392 e. The molecule has 1 aliphatic rings. The van der Waals surface area contributed by atoms with Crippen molar-refractivity contribution in [3.8, 4) is 0 Å². The molecule has 1 N–H and O–H groups in total. The van der Waals surface area contributed by atoms with Gasteiger partial charge in [-0.1, -0.05) is 38.3 Å². The van der Waals surface area contributed by atoms with E-state index in [1.165, 1.54) is 12.8 Å². The van der Waals surface area contributed by atoms with Crippen molar-refractivity contribution in [1.82, 2.24) is 9.78 Å². The molecule has 1 fully saturated rings. The fourth-order valence-corrected chi connectivity index (χ4v) is 4.10. The van der Waals surface area contributed by atoms with Crippen LogP contribution >= 0.6 is 11.6 Å². The van der Waals surface area contributed by atoms with Gasteiger partial charge in [0.1, 0.15) is 0 Å². The smallest absolute Gasteiger partial charge is 0.0847 e. The van der Waals surface area contributed by atoms with Gasteiger partial charge in [0, 0.05) is 13.5 Å². The van der Waals surface area contributed by atoms with Crippen LogP contribution in [0.2, 0.25) is 5.02 Å². The normalized spacial score (nSPS) is 19.8. The first-order chi connectivity index (χ1) is 9.35. The van der Waals surface area contributed by atoms with Crippen LogP contribution in [0, 0.1) is 18.3 Å². The Bertz CT molecular complexity index is 461. The summed E-state index contributed by atoms with van der Waals surface area (Å²) in [6.45, 7) is 6.40. The van der Waals surface area contributed by atoms with Gasteiger partial charge in [-0.3, -0.25) is 4.68 Å². The summed E-state index contributed by atoms with van der Waals surface area (Å²) in [5, 5.41) is 15.9. The predicted octanol–water partition coefficient (Wildman–Crippen LogP) is 3.89. The molecule has 1 atom stereocenters. The van der Waals surface area contributed by atoms with Crippen molar-refractivity contribution in [2.45, 2.75) is 65.4 Å². The molecule has 2 rings (SSSR count). The number of rotatable bonds is 5. The summed E-state index contributed by atoms with van der Waals surface area (Å²) in [5.74, 6) is 0.617. The highest BCUT2D eigenvalue weighted by Crippen LogP contribution is 2.47. The summed E-state index contributed by atoms with van der Waals surface area (Å²) in [5.41, 5.74) is 1.89. The van der Waals surface area contributed by atoms with Gasteiger partial charge in [-0.15, -0.1) is 0 Å². The van der Waals surface area contributed by atoms with Gasteiger partial charge in [-0.05, 0) is 37.5 Å². The van der Waals surface area contributed by atoms with Gasteiger partial charge < -0.3 is 5.11 Å². The van der Waals surface area contributed by atoms with E-state index < -0.39 is 0 Å². The van der Waals surface area contributed by atoms with Gasteiger partial charge in [0.15, 0.2) is 0 Å². The molecular formula is C16H27ClN2O. The zero-order valence-electron chi connectivity index (χ0n) is 13.1. The fourth-order valence-electron chi connectivity index (χ4n) is 3.87. The zero-order chi connectivity index (χ0) is 14.9. The Kier molecular flexibility index (Phi) is 4.80. The lowest BCUT2D eigenvalue weighted by Crippen LogP contribution is -2.36. The van der Waals surface area contributed by atoms with Crippen LogP contribution < -0.4 is 0 Å². The molecule has 0 aliphatic heterocycles. The molecule has 0 radical (unpaired) electrons. The summed E-state index contributed by atoms with van der Waals surface area (Å²) < 4.78 is 1.82. The summed E-state index contributed by atoms with van der Waals surface area (Å²) in [6, 6.07) is 0. The minimum atomic E-state index is -0.320. The van der Waals surface area contributed by atoms with E-state index in [-0.39, 0.29) is 11.5 Å². The third kappa shape index (κ3) is 3.04. The van der Waals surface area contributed by atoms with Crippen LogP contribution in [0.1, 0.15) is 57.3 Å². The third-order valence-electron chi connectivity index (χ3n) is 4.77. The quantitative estimate of drug-likeness (QED) is 0.895. The fraction of sp³-hybridized carbons (Fsp3) is 0.812. The highest BCUT2D eigenvalue weighted by atomic mass is 35.5. The Balaban J connectivity index is 2.18. The summed E-state index contributed by atoms with van der Waals surface area (Å²) >= 11 is 6.32. The number of aryl methyl sites for hydroxylation is 2. The highest BCUT2D eigenvalue weighted by Gasteiger charge is 2.41. The SMILES string of the molecule is Cc1nn(C)c(CC(O)C2(CC(C)C)CCCC2)c1Cl. The topological polar surface area (TPSA) is 38.0 Å². The first-order valence-corrected chi connectivity index (χ1v) is 8.09. The summed E-state index contributed by atoms with van der Waals surface area (Å²) in [4.78, 5) is 0. The summed E-state index contributed by atoms with van der Waals surface area (Å²) in [6.07, 6.45) is 6.15. The van der Waals surface area contributed by atoms with Crippen LogP contribution in [0.3, 0.4) is 0 Å². The van der Waals surface area contributed by atoms with Crippen LogP contribution in [0.15, 0.2) is 0 Å².